The molecule has 28 heavy (non-hydrogen) atoms. The Morgan fingerprint density at radius 3 is 2.50 bits per heavy atom. The maximum atomic E-state index is 12.3. The van der Waals surface area contributed by atoms with E-state index in [9.17, 15) is 19.8 Å². The average molecular weight is 395 g/mol. The van der Waals surface area contributed by atoms with Crippen LogP contribution in [0.5, 0.6) is 0 Å². The Morgan fingerprint density at radius 1 is 1.25 bits per heavy atom. The maximum Gasteiger partial charge on any atom is 0.306 e. The summed E-state index contributed by atoms with van der Waals surface area (Å²) in [7, 11) is 1.42. The molecule has 0 saturated carbocycles. The summed E-state index contributed by atoms with van der Waals surface area (Å²) in [5.74, 6) is -1.55. The minimum absolute atomic E-state index is 0.0860. The summed E-state index contributed by atoms with van der Waals surface area (Å²) in [6.07, 6.45) is 6.82. The average Bonchev–Trinajstić information content (AvgIpc) is 2.64. The molecule has 6 heteroatoms. The number of aliphatic hydroxyl groups is 2. The fraction of sp³-hybridized carbons (Fsp3) is 0.636. The zero-order valence-corrected chi connectivity index (χ0v) is 17.4. The highest BCUT2D eigenvalue weighted by Gasteiger charge is 2.34. The lowest BCUT2D eigenvalue weighted by atomic mass is 9.89. The van der Waals surface area contributed by atoms with Gasteiger partial charge in [0.2, 0.25) is 0 Å². The minimum Gasteiger partial charge on any atom is -0.509 e. The molecule has 0 aromatic heterocycles. The smallest absolute Gasteiger partial charge is 0.306 e. The Labute approximate surface area is 167 Å². The van der Waals surface area contributed by atoms with Crippen molar-refractivity contribution in [1.29, 1.82) is 0 Å². The summed E-state index contributed by atoms with van der Waals surface area (Å²) in [6.45, 7) is 5.76. The standard InChI is InChI=1S/C22H34O6/c1-14(9-6-10-16(3)22(26)27)7-5-8-15(2)11-12-17-20(24)18(23)13-19(28-4)21(17)25/h7,11,16,18-19,23-24H,5-6,8-10,12-13H2,1-4H3,(H,26,27)/b14-7+,15-11+/t16-,18-,19+/m0/s1. The number of carbonyl (C=O) groups is 2. The first-order valence-electron chi connectivity index (χ1n) is 9.88. The van der Waals surface area contributed by atoms with Crippen LogP contribution in [0.3, 0.4) is 0 Å². The molecular formula is C22H34O6. The van der Waals surface area contributed by atoms with E-state index in [1.54, 1.807) is 6.92 Å². The van der Waals surface area contributed by atoms with Crippen molar-refractivity contribution < 1.29 is 29.6 Å². The van der Waals surface area contributed by atoms with Crippen molar-refractivity contribution in [1.82, 2.24) is 0 Å². The van der Waals surface area contributed by atoms with E-state index in [2.05, 4.69) is 13.0 Å². The number of carbonyl (C=O) groups excluding carboxylic acids is 1. The van der Waals surface area contributed by atoms with E-state index in [4.69, 9.17) is 9.84 Å². The van der Waals surface area contributed by atoms with Gasteiger partial charge in [-0.05, 0) is 52.4 Å². The number of carboxylic acids is 1. The van der Waals surface area contributed by atoms with Crippen LogP contribution in [0.2, 0.25) is 0 Å². The highest BCUT2D eigenvalue weighted by atomic mass is 16.5. The number of Topliss-reactive ketones (excluding diaryl/α,β-unsaturated/α-hetero) is 1. The Kier molecular flexibility index (Phi) is 10.2. The molecule has 0 aromatic rings. The SMILES string of the molecule is CO[C@@H]1C[C@H](O)C(O)=C(C/C=C(\C)CC/C=C(\C)CCC[C@H](C)C(=O)O)C1=O. The molecule has 0 spiro atoms. The highest BCUT2D eigenvalue weighted by Crippen LogP contribution is 2.26. The van der Waals surface area contributed by atoms with Crippen LogP contribution in [0.1, 0.15) is 65.7 Å². The largest absolute Gasteiger partial charge is 0.509 e. The molecular weight excluding hydrogens is 360 g/mol. The summed E-state index contributed by atoms with van der Waals surface area (Å²) in [5, 5.41) is 28.8. The molecule has 0 saturated heterocycles. The molecule has 6 nitrogen and oxygen atoms in total. The molecule has 1 aliphatic carbocycles. The van der Waals surface area contributed by atoms with Crippen LogP contribution in [-0.4, -0.2) is 46.4 Å². The van der Waals surface area contributed by atoms with Gasteiger partial charge in [-0.2, -0.15) is 0 Å². The zero-order chi connectivity index (χ0) is 21.3. The summed E-state index contributed by atoms with van der Waals surface area (Å²) in [5.41, 5.74) is 2.58. The molecule has 3 N–H and O–H groups in total. The Balaban J connectivity index is 2.49. The number of carboxylic acid groups (broad SMARTS) is 1. The second-order valence-electron chi connectivity index (χ2n) is 7.68. The molecule has 1 rings (SSSR count). The molecule has 0 unspecified atom stereocenters. The van der Waals surface area contributed by atoms with Crippen LogP contribution in [0, 0.1) is 5.92 Å². The van der Waals surface area contributed by atoms with Gasteiger partial charge in [0, 0.05) is 19.1 Å². The number of rotatable bonds is 11. The summed E-state index contributed by atoms with van der Waals surface area (Å²) in [4.78, 5) is 23.1. The number of methoxy groups -OCH3 is 1. The number of ketones is 1. The van der Waals surface area contributed by atoms with E-state index >= 15 is 0 Å². The van der Waals surface area contributed by atoms with E-state index in [1.165, 1.54) is 12.7 Å². The van der Waals surface area contributed by atoms with E-state index in [0.717, 1.165) is 31.3 Å². The lowest BCUT2D eigenvalue weighted by Crippen LogP contribution is -2.36. The van der Waals surface area contributed by atoms with Gasteiger partial charge in [-0.1, -0.05) is 30.2 Å². The second kappa shape index (κ2) is 11.8. The Morgan fingerprint density at radius 2 is 1.89 bits per heavy atom. The molecule has 0 amide bonds. The summed E-state index contributed by atoms with van der Waals surface area (Å²) in [6, 6.07) is 0. The van der Waals surface area contributed by atoms with Crippen LogP contribution >= 0.6 is 0 Å². The van der Waals surface area contributed by atoms with Gasteiger partial charge >= 0.3 is 5.97 Å². The van der Waals surface area contributed by atoms with Crippen molar-refractivity contribution in [3.63, 3.8) is 0 Å². The number of aliphatic hydroxyl groups excluding tert-OH is 2. The van der Waals surface area contributed by atoms with Gasteiger partial charge in [-0.3, -0.25) is 9.59 Å². The predicted molar refractivity (Wildman–Crippen MR) is 108 cm³/mol. The lowest BCUT2D eigenvalue weighted by Gasteiger charge is -2.25. The van der Waals surface area contributed by atoms with Crippen molar-refractivity contribution in [3.8, 4) is 0 Å². The predicted octanol–water partition coefficient (Wildman–Crippen LogP) is 4.10. The van der Waals surface area contributed by atoms with Gasteiger partial charge in [0.15, 0.2) is 5.78 Å². The fourth-order valence-electron chi connectivity index (χ4n) is 3.19. The minimum atomic E-state index is -1.05. The van der Waals surface area contributed by atoms with Gasteiger partial charge < -0.3 is 20.1 Å². The summed E-state index contributed by atoms with van der Waals surface area (Å²) >= 11 is 0. The third kappa shape index (κ3) is 7.60. The third-order valence-electron chi connectivity index (χ3n) is 5.25. The van der Waals surface area contributed by atoms with Crippen LogP contribution in [0.15, 0.2) is 34.6 Å². The number of aliphatic carboxylic acids is 1. The Bertz CT molecular complexity index is 643. The monoisotopic (exact) mass is 394 g/mol. The first kappa shape index (κ1) is 24.1. The van der Waals surface area contributed by atoms with Crippen LogP contribution in [0.25, 0.3) is 0 Å². The maximum absolute atomic E-state index is 12.3. The quantitative estimate of drug-likeness (QED) is 0.456. The van der Waals surface area contributed by atoms with Gasteiger partial charge in [-0.15, -0.1) is 0 Å². The number of allylic oxidation sites excluding steroid dienone is 4. The molecule has 0 fully saturated rings. The topological polar surface area (TPSA) is 104 Å². The van der Waals surface area contributed by atoms with Crippen LogP contribution in [-0.2, 0) is 14.3 Å². The van der Waals surface area contributed by atoms with Crippen molar-refractivity contribution in [3.05, 3.63) is 34.6 Å². The number of ether oxygens (including phenoxy) is 1. The van der Waals surface area contributed by atoms with Gasteiger partial charge in [0.25, 0.3) is 0 Å². The van der Waals surface area contributed by atoms with Gasteiger partial charge in [-0.25, -0.2) is 0 Å². The van der Waals surface area contributed by atoms with Crippen LogP contribution < -0.4 is 0 Å². The third-order valence-corrected chi connectivity index (χ3v) is 5.25. The molecule has 0 heterocycles. The summed E-state index contributed by atoms with van der Waals surface area (Å²) < 4.78 is 5.09. The van der Waals surface area contributed by atoms with E-state index in [-0.39, 0.29) is 35.9 Å². The first-order chi connectivity index (χ1) is 13.2. The first-order valence-corrected chi connectivity index (χ1v) is 9.88. The molecule has 1 aliphatic rings. The highest BCUT2D eigenvalue weighted by molar-refractivity contribution is 6.00. The second-order valence-corrected chi connectivity index (χ2v) is 7.68. The van der Waals surface area contributed by atoms with E-state index in [0.29, 0.717) is 6.42 Å². The molecule has 0 radical (unpaired) electrons. The Hall–Kier alpha value is -1.92. The normalized spacial score (nSPS) is 22.5. The number of hydrogen-bond donors (Lipinski definition) is 3. The lowest BCUT2D eigenvalue weighted by molar-refractivity contribution is -0.141. The van der Waals surface area contributed by atoms with Crippen molar-refractivity contribution in [2.45, 2.75) is 77.9 Å². The van der Waals surface area contributed by atoms with E-state index in [1.807, 2.05) is 13.0 Å². The zero-order valence-electron chi connectivity index (χ0n) is 17.4. The van der Waals surface area contributed by atoms with Crippen molar-refractivity contribution in [2.75, 3.05) is 7.11 Å². The fourth-order valence-corrected chi connectivity index (χ4v) is 3.19. The molecule has 0 aromatic carbocycles. The van der Waals surface area contributed by atoms with Crippen LogP contribution in [0.4, 0.5) is 0 Å². The van der Waals surface area contributed by atoms with Crippen molar-refractivity contribution >= 4 is 11.8 Å². The molecule has 158 valence electrons. The number of hydrogen-bond acceptors (Lipinski definition) is 5. The van der Waals surface area contributed by atoms with Gasteiger partial charge in [0.05, 0.1) is 5.92 Å². The van der Waals surface area contributed by atoms with Crippen molar-refractivity contribution in [2.24, 2.45) is 5.92 Å². The van der Waals surface area contributed by atoms with E-state index < -0.39 is 18.2 Å². The molecule has 0 bridgehead atoms. The molecule has 3 atom stereocenters. The van der Waals surface area contributed by atoms with Gasteiger partial charge in [0.1, 0.15) is 18.0 Å². The molecule has 0 aliphatic heterocycles.